The summed E-state index contributed by atoms with van der Waals surface area (Å²) in [5.74, 6) is 1.17. The smallest absolute Gasteiger partial charge is 0.255 e. The summed E-state index contributed by atoms with van der Waals surface area (Å²) in [5, 5.41) is 2.89. The van der Waals surface area contributed by atoms with Crippen LogP contribution in [0, 0.1) is 6.92 Å². The molecule has 1 amide bonds. The molecular weight excluding hydrogens is 316 g/mol. The second-order valence-electron chi connectivity index (χ2n) is 7.09. The molecule has 5 heteroatoms. The molecule has 1 N–H and O–H groups in total. The summed E-state index contributed by atoms with van der Waals surface area (Å²) in [5.41, 5.74) is 3.46. The van der Waals surface area contributed by atoms with Gasteiger partial charge in [-0.15, -0.1) is 0 Å². The van der Waals surface area contributed by atoms with Crippen molar-refractivity contribution in [2.24, 2.45) is 0 Å². The molecule has 0 radical (unpaired) electrons. The SMILES string of the molecule is COc1cc(C(=O)Nc2ccc3oc(C(C)(C)C)nc3c2)ccc1C. The monoisotopic (exact) mass is 338 g/mol. The summed E-state index contributed by atoms with van der Waals surface area (Å²) in [6.07, 6.45) is 0. The van der Waals surface area contributed by atoms with E-state index < -0.39 is 0 Å². The Kier molecular flexibility index (Phi) is 4.25. The van der Waals surface area contributed by atoms with Crippen molar-refractivity contribution in [2.45, 2.75) is 33.1 Å². The van der Waals surface area contributed by atoms with Gasteiger partial charge < -0.3 is 14.5 Å². The summed E-state index contributed by atoms with van der Waals surface area (Å²) in [6.45, 7) is 8.08. The zero-order valence-electron chi connectivity index (χ0n) is 15.1. The van der Waals surface area contributed by atoms with Crippen molar-refractivity contribution in [2.75, 3.05) is 12.4 Å². The number of rotatable bonds is 3. The average molecular weight is 338 g/mol. The molecule has 5 nitrogen and oxygen atoms in total. The van der Waals surface area contributed by atoms with Crippen LogP contribution in [0.15, 0.2) is 40.8 Å². The van der Waals surface area contributed by atoms with E-state index in [9.17, 15) is 4.79 Å². The maximum Gasteiger partial charge on any atom is 0.255 e. The molecule has 2 aromatic carbocycles. The second kappa shape index (κ2) is 6.24. The van der Waals surface area contributed by atoms with Crippen molar-refractivity contribution in [1.29, 1.82) is 0 Å². The molecule has 3 aromatic rings. The Bertz CT molecular complexity index is 936. The molecular formula is C20H22N2O3. The number of aromatic nitrogens is 1. The van der Waals surface area contributed by atoms with Crippen molar-refractivity contribution in [3.63, 3.8) is 0 Å². The summed E-state index contributed by atoms with van der Waals surface area (Å²) in [7, 11) is 1.59. The summed E-state index contributed by atoms with van der Waals surface area (Å²) in [4.78, 5) is 17.0. The molecule has 0 atom stereocenters. The first-order valence-corrected chi connectivity index (χ1v) is 8.15. The largest absolute Gasteiger partial charge is 0.496 e. The molecule has 0 bridgehead atoms. The van der Waals surface area contributed by atoms with Crippen molar-refractivity contribution >= 4 is 22.7 Å². The lowest BCUT2D eigenvalue weighted by Crippen LogP contribution is -2.12. The van der Waals surface area contributed by atoms with Gasteiger partial charge in [0.15, 0.2) is 5.58 Å². The van der Waals surface area contributed by atoms with Crippen LogP contribution in [0.25, 0.3) is 11.1 Å². The number of hydrogen-bond acceptors (Lipinski definition) is 4. The molecule has 1 heterocycles. The third-order valence-corrected chi connectivity index (χ3v) is 3.96. The van der Waals surface area contributed by atoms with E-state index in [1.165, 1.54) is 0 Å². The number of aryl methyl sites for hydroxylation is 1. The lowest BCUT2D eigenvalue weighted by Gasteiger charge is -2.11. The molecule has 0 spiro atoms. The lowest BCUT2D eigenvalue weighted by molar-refractivity contribution is 0.102. The molecule has 130 valence electrons. The number of hydrogen-bond donors (Lipinski definition) is 1. The van der Waals surface area contributed by atoms with Gasteiger partial charge in [0.1, 0.15) is 11.3 Å². The summed E-state index contributed by atoms with van der Waals surface area (Å²) < 4.78 is 11.1. The van der Waals surface area contributed by atoms with Crippen LogP contribution in [0.5, 0.6) is 5.75 Å². The average Bonchev–Trinajstić information content (AvgIpc) is 2.98. The van der Waals surface area contributed by atoms with Crippen molar-refractivity contribution < 1.29 is 13.9 Å². The second-order valence-corrected chi connectivity index (χ2v) is 7.09. The van der Waals surface area contributed by atoms with Crippen molar-refractivity contribution in [3.8, 4) is 5.75 Å². The van der Waals surface area contributed by atoms with Crippen molar-refractivity contribution in [3.05, 3.63) is 53.4 Å². The van der Waals surface area contributed by atoms with E-state index >= 15 is 0 Å². The molecule has 0 aliphatic heterocycles. The third kappa shape index (κ3) is 3.50. The number of oxazole rings is 1. The Morgan fingerprint density at radius 3 is 2.60 bits per heavy atom. The topological polar surface area (TPSA) is 64.4 Å². The molecule has 0 saturated heterocycles. The van der Waals surface area contributed by atoms with Crippen LogP contribution in [0.4, 0.5) is 5.69 Å². The number of benzene rings is 2. The van der Waals surface area contributed by atoms with Gasteiger partial charge in [-0.1, -0.05) is 26.8 Å². The fraction of sp³-hybridized carbons (Fsp3) is 0.300. The summed E-state index contributed by atoms with van der Waals surface area (Å²) >= 11 is 0. The van der Waals surface area contributed by atoms with Crippen LogP contribution in [0.2, 0.25) is 0 Å². The number of carbonyl (C=O) groups excluding carboxylic acids is 1. The summed E-state index contributed by atoms with van der Waals surface area (Å²) in [6, 6.07) is 10.8. The molecule has 0 aliphatic carbocycles. The number of ether oxygens (including phenoxy) is 1. The fourth-order valence-corrected chi connectivity index (χ4v) is 2.49. The van der Waals surface area contributed by atoms with E-state index in [-0.39, 0.29) is 11.3 Å². The Hall–Kier alpha value is -2.82. The Morgan fingerprint density at radius 2 is 1.92 bits per heavy atom. The van der Waals surface area contributed by atoms with Crippen LogP contribution in [0.3, 0.4) is 0 Å². The number of nitrogens with one attached hydrogen (secondary N) is 1. The van der Waals surface area contributed by atoms with Gasteiger partial charge in [-0.2, -0.15) is 0 Å². The van der Waals surface area contributed by atoms with E-state index in [0.717, 1.165) is 11.1 Å². The molecule has 0 unspecified atom stereocenters. The highest BCUT2D eigenvalue weighted by Crippen LogP contribution is 2.27. The van der Waals surface area contributed by atoms with E-state index in [1.54, 1.807) is 19.2 Å². The minimum absolute atomic E-state index is 0.166. The number of carbonyl (C=O) groups is 1. The van der Waals surface area contributed by atoms with E-state index in [0.29, 0.717) is 28.5 Å². The molecule has 1 aromatic heterocycles. The number of nitrogens with zero attached hydrogens (tertiary/aromatic N) is 1. The maximum atomic E-state index is 12.5. The Labute approximate surface area is 147 Å². The Morgan fingerprint density at radius 1 is 1.16 bits per heavy atom. The highest BCUT2D eigenvalue weighted by Gasteiger charge is 2.21. The van der Waals surface area contributed by atoms with E-state index in [1.807, 2.05) is 52.0 Å². The first-order chi connectivity index (χ1) is 11.8. The van der Waals surface area contributed by atoms with Crippen LogP contribution in [0.1, 0.15) is 42.6 Å². The third-order valence-electron chi connectivity index (χ3n) is 3.96. The zero-order valence-corrected chi connectivity index (χ0v) is 15.1. The van der Waals surface area contributed by atoms with Gasteiger partial charge >= 0.3 is 0 Å². The van der Waals surface area contributed by atoms with E-state index in [4.69, 9.17) is 9.15 Å². The predicted molar refractivity (Wildman–Crippen MR) is 98.4 cm³/mol. The lowest BCUT2D eigenvalue weighted by atomic mass is 9.97. The number of methoxy groups -OCH3 is 1. The molecule has 0 fully saturated rings. The van der Waals surface area contributed by atoms with Gasteiger partial charge in [-0.25, -0.2) is 4.98 Å². The highest BCUT2D eigenvalue weighted by molar-refractivity contribution is 6.05. The van der Waals surface area contributed by atoms with Crippen LogP contribution >= 0.6 is 0 Å². The van der Waals surface area contributed by atoms with Crippen LogP contribution < -0.4 is 10.1 Å². The van der Waals surface area contributed by atoms with Gasteiger partial charge in [0, 0.05) is 16.7 Å². The van der Waals surface area contributed by atoms with Gasteiger partial charge in [0.25, 0.3) is 5.91 Å². The highest BCUT2D eigenvalue weighted by atomic mass is 16.5. The Balaban J connectivity index is 1.86. The quantitative estimate of drug-likeness (QED) is 0.752. The van der Waals surface area contributed by atoms with E-state index in [2.05, 4.69) is 10.3 Å². The minimum Gasteiger partial charge on any atom is -0.496 e. The molecule has 3 rings (SSSR count). The maximum absolute atomic E-state index is 12.5. The fourth-order valence-electron chi connectivity index (χ4n) is 2.49. The first-order valence-electron chi connectivity index (χ1n) is 8.15. The van der Waals surface area contributed by atoms with Crippen LogP contribution in [-0.2, 0) is 5.41 Å². The number of anilines is 1. The number of amides is 1. The van der Waals surface area contributed by atoms with Gasteiger partial charge in [-0.3, -0.25) is 4.79 Å². The molecule has 0 saturated carbocycles. The normalized spacial score (nSPS) is 11.6. The number of fused-ring (bicyclic) bond motifs is 1. The minimum atomic E-state index is -0.197. The van der Waals surface area contributed by atoms with Gasteiger partial charge in [0.2, 0.25) is 5.89 Å². The molecule has 25 heavy (non-hydrogen) atoms. The van der Waals surface area contributed by atoms with Crippen LogP contribution in [-0.4, -0.2) is 18.0 Å². The van der Waals surface area contributed by atoms with Gasteiger partial charge in [-0.05, 0) is 42.8 Å². The van der Waals surface area contributed by atoms with Gasteiger partial charge in [0.05, 0.1) is 7.11 Å². The standard InChI is InChI=1S/C20H22N2O3/c1-12-6-7-13(10-17(12)24-5)18(23)21-14-8-9-16-15(11-14)22-19(25-16)20(2,3)4/h6-11H,1-5H3,(H,21,23). The predicted octanol–water partition coefficient (Wildman–Crippen LogP) is 4.69. The zero-order chi connectivity index (χ0) is 18.2. The first kappa shape index (κ1) is 17.0. The molecule has 0 aliphatic rings. The van der Waals surface area contributed by atoms with Crippen molar-refractivity contribution in [1.82, 2.24) is 4.98 Å².